The van der Waals surface area contributed by atoms with E-state index in [9.17, 15) is 9.90 Å². The number of aliphatic hydroxyl groups is 1. The maximum absolute atomic E-state index is 11.7. The molecule has 116 valence electrons. The maximum Gasteiger partial charge on any atom is 0.407 e. The number of alkyl carbamates (subject to hydrolysis) is 1. The van der Waals surface area contributed by atoms with Crippen molar-refractivity contribution in [2.24, 2.45) is 5.92 Å². The van der Waals surface area contributed by atoms with E-state index in [1.807, 2.05) is 20.8 Å². The number of carbonyl (C=O) groups excluding carboxylic acids is 1. The molecule has 20 heavy (non-hydrogen) atoms. The fourth-order valence-corrected chi connectivity index (χ4v) is 3.08. The number of hydrogen-bond acceptors (Lipinski definition) is 4. The average molecular weight is 284 g/mol. The quantitative estimate of drug-likeness (QED) is 0.739. The van der Waals surface area contributed by atoms with Gasteiger partial charge in [-0.15, -0.1) is 0 Å². The number of ether oxygens (including phenoxy) is 1. The second kappa shape index (κ2) is 5.90. The predicted octanol–water partition coefficient (Wildman–Crippen LogP) is 1.79. The third-order valence-electron chi connectivity index (χ3n) is 4.14. The minimum Gasteiger partial charge on any atom is -0.444 e. The Morgan fingerprint density at radius 3 is 2.35 bits per heavy atom. The van der Waals surface area contributed by atoms with E-state index >= 15 is 0 Å². The Hall–Kier alpha value is -0.810. The van der Waals surface area contributed by atoms with Gasteiger partial charge >= 0.3 is 6.09 Å². The molecule has 1 amide bonds. The molecule has 5 nitrogen and oxygen atoms in total. The molecular weight excluding hydrogens is 256 g/mol. The number of β-amino-alcohol motifs (C(OH)–C–C–N with tert-alkyl or cyclic N) is 1. The van der Waals surface area contributed by atoms with Crippen LogP contribution in [0.2, 0.25) is 0 Å². The van der Waals surface area contributed by atoms with E-state index in [0.29, 0.717) is 5.92 Å². The lowest BCUT2D eigenvalue weighted by Gasteiger charge is -2.41. The highest BCUT2D eigenvalue weighted by molar-refractivity contribution is 5.68. The summed E-state index contributed by atoms with van der Waals surface area (Å²) in [7, 11) is 0. The molecule has 1 aliphatic carbocycles. The van der Waals surface area contributed by atoms with Crippen LogP contribution in [0.5, 0.6) is 0 Å². The molecule has 2 fully saturated rings. The van der Waals surface area contributed by atoms with Crippen LogP contribution in [0.4, 0.5) is 4.79 Å². The van der Waals surface area contributed by atoms with Crippen LogP contribution < -0.4 is 10.6 Å². The van der Waals surface area contributed by atoms with Crippen molar-refractivity contribution in [1.82, 2.24) is 10.6 Å². The van der Waals surface area contributed by atoms with Crippen molar-refractivity contribution in [3.63, 3.8) is 0 Å². The number of amides is 1. The fourth-order valence-electron chi connectivity index (χ4n) is 3.08. The normalized spacial score (nSPS) is 29.4. The van der Waals surface area contributed by atoms with Gasteiger partial charge in [-0.1, -0.05) is 0 Å². The first-order valence-corrected chi connectivity index (χ1v) is 7.68. The molecule has 2 aliphatic rings. The molecule has 1 saturated heterocycles. The zero-order valence-electron chi connectivity index (χ0n) is 12.9. The van der Waals surface area contributed by atoms with Gasteiger partial charge in [0.15, 0.2) is 0 Å². The molecule has 0 aromatic heterocycles. The van der Waals surface area contributed by atoms with Crippen molar-refractivity contribution in [2.75, 3.05) is 13.1 Å². The Balaban J connectivity index is 1.67. The van der Waals surface area contributed by atoms with Crippen molar-refractivity contribution in [3.05, 3.63) is 0 Å². The van der Waals surface area contributed by atoms with Gasteiger partial charge < -0.3 is 20.5 Å². The average Bonchev–Trinajstić information content (AvgIpc) is 2.27. The third-order valence-corrected chi connectivity index (χ3v) is 4.14. The number of carbonyl (C=O) groups is 1. The van der Waals surface area contributed by atoms with E-state index in [-0.39, 0.29) is 12.1 Å². The van der Waals surface area contributed by atoms with E-state index in [4.69, 9.17) is 4.74 Å². The lowest BCUT2D eigenvalue weighted by atomic mass is 9.77. The first-order chi connectivity index (χ1) is 9.26. The van der Waals surface area contributed by atoms with Gasteiger partial charge in [-0.05, 0) is 58.8 Å². The van der Waals surface area contributed by atoms with Crippen molar-refractivity contribution in [2.45, 2.75) is 70.1 Å². The monoisotopic (exact) mass is 284 g/mol. The summed E-state index contributed by atoms with van der Waals surface area (Å²) in [6, 6.07) is 0.218. The topological polar surface area (TPSA) is 70.6 Å². The molecule has 0 bridgehead atoms. The summed E-state index contributed by atoms with van der Waals surface area (Å²) < 4.78 is 5.28. The van der Waals surface area contributed by atoms with Crippen LogP contribution >= 0.6 is 0 Å². The molecule has 3 N–H and O–H groups in total. The molecule has 1 aliphatic heterocycles. The molecule has 0 atom stereocenters. The van der Waals surface area contributed by atoms with Gasteiger partial charge in [0.25, 0.3) is 0 Å². The summed E-state index contributed by atoms with van der Waals surface area (Å²) in [5.41, 5.74) is -0.919. The molecule has 1 saturated carbocycles. The maximum atomic E-state index is 11.7. The van der Waals surface area contributed by atoms with Crippen molar-refractivity contribution >= 4 is 6.09 Å². The van der Waals surface area contributed by atoms with Crippen LogP contribution in [0, 0.1) is 5.92 Å². The molecule has 2 rings (SSSR count). The summed E-state index contributed by atoms with van der Waals surface area (Å²) in [4.78, 5) is 11.7. The molecule has 0 spiro atoms. The minimum atomic E-state index is -0.476. The van der Waals surface area contributed by atoms with Gasteiger partial charge in [0, 0.05) is 19.1 Å². The fraction of sp³-hybridized carbons (Fsp3) is 0.933. The van der Waals surface area contributed by atoms with Crippen molar-refractivity contribution in [1.29, 1.82) is 0 Å². The largest absolute Gasteiger partial charge is 0.444 e. The van der Waals surface area contributed by atoms with Crippen LogP contribution in [-0.4, -0.2) is 41.5 Å². The standard InChI is InChI=1S/C15H28N2O3/c1-14(2,3)20-13(18)17-12-6-4-11(5-7-12)8-15(19)9-16-10-15/h11-12,16,19H,4-10H2,1-3H3,(H,17,18). The second-order valence-electron chi connectivity index (χ2n) is 7.40. The van der Waals surface area contributed by atoms with E-state index < -0.39 is 11.2 Å². The third kappa shape index (κ3) is 4.63. The Morgan fingerprint density at radius 1 is 1.30 bits per heavy atom. The van der Waals surface area contributed by atoms with Crippen LogP contribution in [-0.2, 0) is 4.74 Å². The van der Waals surface area contributed by atoms with Crippen LogP contribution in [0.3, 0.4) is 0 Å². The van der Waals surface area contributed by atoms with Crippen molar-refractivity contribution < 1.29 is 14.6 Å². The molecular formula is C15H28N2O3. The molecule has 0 aromatic carbocycles. The Labute approximate surface area is 121 Å². The lowest BCUT2D eigenvalue weighted by Crippen LogP contribution is -2.60. The van der Waals surface area contributed by atoms with Gasteiger partial charge in [-0.2, -0.15) is 0 Å². The first-order valence-electron chi connectivity index (χ1n) is 7.68. The summed E-state index contributed by atoms with van der Waals surface area (Å²) in [5.74, 6) is 0.582. The predicted molar refractivity (Wildman–Crippen MR) is 77.6 cm³/mol. The zero-order valence-corrected chi connectivity index (χ0v) is 12.9. The summed E-state index contributed by atoms with van der Waals surface area (Å²) >= 11 is 0. The van der Waals surface area contributed by atoms with Gasteiger partial charge in [-0.25, -0.2) is 4.79 Å². The SMILES string of the molecule is CC(C)(C)OC(=O)NC1CCC(CC2(O)CNC2)CC1. The van der Waals surface area contributed by atoms with Gasteiger partial charge in [0.05, 0.1) is 5.60 Å². The first kappa shape index (κ1) is 15.6. The molecule has 5 heteroatoms. The summed E-state index contributed by atoms with van der Waals surface area (Å²) in [5, 5.41) is 16.2. The minimum absolute atomic E-state index is 0.218. The van der Waals surface area contributed by atoms with Crippen LogP contribution in [0.15, 0.2) is 0 Å². The van der Waals surface area contributed by atoms with Gasteiger partial charge in [-0.3, -0.25) is 0 Å². The number of nitrogens with one attached hydrogen (secondary N) is 2. The van der Waals surface area contributed by atoms with E-state index in [1.165, 1.54) is 0 Å². The van der Waals surface area contributed by atoms with E-state index in [1.54, 1.807) is 0 Å². The highest BCUT2D eigenvalue weighted by Gasteiger charge is 2.37. The summed E-state index contributed by atoms with van der Waals surface area (Å²) in [6.45, 7) is 7.07. The molecule has 0 unspecified atom stereocenters. The highest BCUT2D eigenvalue weighted by Crippen LogP contribution is 2.32. The molecule has 0 radical (unpaired) electrons. The molecule has 0 aromatic rings. The Bertz CT molecular complexity index is 340. The Kier molecular flexibility index (Phi) is 4.59. The van der Waals surface area contributed by atoms with Gasteiger partial charge in [0.2, 0.25) is 0 Å². The number of rotatable bonds is 3. The van der Waals surface area contributed by atoms with E-state index in [2.05, 4.69) is 10.6 Å². The zero-order chi connectivity index (χ0) is 14.8. The van der Waals surface area contributed by atoms with E-state index in [0.717, 1.165) is 45.2 Å². The summed E-state index contributed by atoms with van der Waals surface area (Å²) in [6.07, 6.45) is 4.67. The second-order valence-corrected chi connectivity index (χ2v) is 7.40. The smallest absolute Gasteiger partial charge is 0.407 e. The van der Waals surface area contributed by atoms with Crippen molar-refractivity contribution in [3.8, 4) is 0 Å². The highest BCUT2D eigenvalue weighted by atomic mass is 16.6. The van der Waals surface area contributed by atoms with Crippen LogP contribution in [0.25, 0.3) is 0 Å². The van der Waals surface area contributed by atoms with Crippen LogP contribution in [0.1, 0.15) is 52.9 Å². The Morgan fingerprint density at radius 2 is 1.90 bits per heavy atom. The lowest BCUT2D eigenvalue weighted by molar-refractivity contribution is -0.0352. The van der Waals surface area contributed by atoms with Gasteiger partial charge in [0.1, 0.15) is 5.60 Å². The number of hydrogen-bond donors (Lipinski definition) is 3. The molecule has 1 heterocycles.